The van der Waals surface area contributed by atoms with E-state index in [1.165, 1.54) is 0 Å². The van der Waals surface area contributed by atoms with Gasteiger partial charge in [-0.1, -0.05) is 6.07 Å². The van der Waals surface area contributed by atoms with Gasteiger partial charge in [-0.2, -0.15) is 0 Å². The molecule has 0 saturated heterocycles. The molecule has 1 aromatic rings. The van der Waals surface area contributed by atoms with Crippen molar-refractivity contribution in [3.05, 3.63) is 29.6 Å². The minimum absolute atomic E-state index is 0.136. The van der Waals surface area contributed by atoms with Gasteiger partial charge >= 0.3 is 0 Å². The summed E-state index contributed by atoms with van der Waals surface area (Å²) in [7, 11) is 0. The van der Waals surface area contributed by atoms with Gasteiger partial charge < -0.3 is 16.2 Å². The van der Waals surface area contributed by atoms with E-state index in [0.29, 0.717) is 0 Å². The van der Waals surface area contributed by atoms with Gasteiger partial charge in [0.2, 0.25) is 5.91 Å². The molecule has 5 nitrogen and oxygen atoms in total. The van der Waals surface area contributed by atoms with E-state index in [-0.39, 0.29) is 18.9 Å². The predicted octanol–water partition coefficient (Wildman–Crippen LogP) is -0.243. The second-order valence-corrected chi connectivity index (χ2v) is 4.15. The molecule has 0 spiro atoms. The van der Waals surface area contributed by atoms with Crippen LogP contribution in [0, 0.1) is 6.92 Å². The van der Waals surface area contributed by atoms with Crippen molar-refractivity contribution >= 4 is 5.91 Å². The zero-order chi connectivity index (χ0) is 12.8. The van der Waals surface area contributed by atoms with Gasteiger partial charge in [-0.15, -0.1) is 0 Å². The van der Waals surface area contributed by atoms with E-state index in [4.69, 9.17) is 5.73 Å². The summed E-state index contributed by atoms with van der Waals surface area (Å²) >= 11 is 0. The number of nitrogens with one attached hydrogen (secondary N) is 1. The summed E-state index contributed by atoms with van der Waals surface area (Å²) in [6.07, 6.45) is 1.27. The third-order valence-electron chi connectivity index (χ3n) is 2.60. The summed E-state index contributed by atoms with van der Waals surface area (Å²) in [6, 6.07) is 3.31. The maximum absolute atomic E-state index is 11.6. The monoisotopic (exact) mass is 237 g/mol. The molecule has 0 bridgehead atoms. The van der Waals surface area contributed by atoms with Crippen molar-refractivity contribution in [1.82, 2.24) is 10.3 Å². The van der Waals surface area contributed by atoms with Crippen LogP contribution in [0.4, 0.5) is 0 Å². The number of aryl methyl sites for hydroxylation is 1. The van der Waals surface area contributed by atoms with E-state index in [0.717, 1.165) is 11.3 Å². The minimum Gasteiger partial charge on any atom is -0.392 e. The van der Waals surface area contributed by atoms with Crippen molar-refractivity contribution in [2.45, 2.75) is 32.4 Å². The molecule has 4 N–H and O–H groups in total. The molecule has 2 unspecified atom stereocenters. The van der Waals surface area contributed by atoms with Crippen molar-refractivity contribution < 1.29 is 9.90 Å². The largest absolute Gasteiger partial charge is 0.392 e. The van der Waals surface area contributed by atoms with Crippen LogP contribution < -0.4 is 11.1 Å². The standard InChI is InChI=1S/C12H19N3O2/c1-8-4-3-5-14-11(8)6-12(17)15-7-10(13)9(2)16/h3-5,9-10,16H,6-7,13H2,1-2H3,(H,15,17). The molecule has 0 radical (unpaired) electrons. The van der Waals surface area contributed by atoms with Gasteiger partial charge in [0.05, 0.1) is 18.2 Å². The number of carbonyl (C=O) groups excluding carboxylic acids is 1. The fraction of sp³-hybridized carbons (Fsp3) is 0.500. The van der Waals surface area contributed by atoms with E-state index in [2.05, 4.69) is 10.3 Å². The quantitative estimate of drug-likeness (QED) is 0.659. The summed E-state index contributed by atoms with van der Waals surface area (Å²) in [5, 5.41) is 11.9. The van der Waals surface area contributed by atoms with Gasteiger partial charge in [0.25, 0.3) is 0 Å². The molecule has 0 aliphatic heterocycles. The Morgan fingerprint density at radius 1 is 1.65 bits per heavy atom. The molecule has 0 aliphatic rings. The van der Waals surface area contributed by atoms with Crippen molar-refractivity contribution in [2.24, 2.45) is 5.73 Å². The summed E-state index contributed by atoms with van der Waals surface area (Å²) in [5.41, 5.74) is 7.36. The highest BCUT2D eigenvalue weighted by Crippen LogP contribution is 2.03. The van der Waals surface area contributed by atoms with Gasteiger partial charge in [-0.3, -0.25) is 9.78 Å². The number of nitrogens with zero attached hydrogens (tertiary/aromatic N) is 1. The van der Waals surface area contributed by atoms with Crippen LogP contribution >= 0.6 is 0 Å². The van der Waals surface area contributed by atoms with Crippen molar-refractivity contribution in [2.75, 3.05) is 6.54 Å². The van der Waals surface area contributed by atoms with Crippen molar-refractivity contribution in [3.8, 4) is 0 Å². The number of amides is 1. The Hall–Kier alpha value is -1.46. The van der Waals surface area contributed by atoms with Gasteiger partial charge in [0.15, 0.2) is 0 Å². The minimum atomic E-state index is -0.633. The van der Waals surface area contributed by atoms with Crippen LogP contribution in [-0.2, 0) is 11.2 Å². The molecule has 1 heterocycles. The number of aliphatic hydroxyl groups excluding tert-OH is 1. The summed E-state index contributed by atoms with van der Waals surface area (Å²) in [4.78, 5) is 15.7. The zero-order valence-electron chi connectivity index (χ0n) is 10.2. The number of carbonyl (C=O) groups is 1. The van der Waals surface area contributed by atoms with Gasteiger partial charge in [0, 0.05) is 18.8 Å². The van der Waals surface area contributed by atoms with Gasteiger partial charge in [-0.25, -0.2) is 0 Å². The third-order valence-corrected chi connectivity index (χ3v) is 2.60. The molecular weight excluding hydrogens is 218 g/mol. The summed E-state index contributed by atoms with van der Waals surface area (Å²) in [6.45, 7) is 3.78. The Labute approximate surface area is 101 Å². The number of aromatic nitrogens is 1. The topological polar surface area (TPSA) is 88.2 Å². The van der Waals surface area contributed by atoms with Crippen LogP contribution in [0.5, 0.6) is 0 Å². The lowest BCUT2D eigenvalue weighted by molar-refractivity contribution is -0.120. The molecule has 0 aromatic carbocycles. The van der Waals surface area contributed by atoms with Crippen LogP contribution in [0.3, 0.4) is 0 Å². The number of hydrogen-bond acceptors (Lipinski definition) is 4. The van der Waals surface area contributed by atoms with E-state index >= 15 is 0 Å². The molecule has 5 heteroatoms. The fourth-order valence-corrected chi connectivity index (χ4v) is 1.32. The highest BCUT2D eigenvalue weighted by atomic mass is 16.3. The van der Waals surface area contributed by atoms with E-state index in [9.17, 15) is 9.90 Å². The average Bonchev–Trinajstić information content (AvgIpc) is 2.29. The number of rotatable bonds is 5. The first kappa shape index (κ1) is 13.6. The number of nitrogens with two attached hydrogens (primary N) is 1. The molecule has 1 rings (SSSR count). The Bertz CT molecular complexity index is 380. The van der Waals surface area contributed by atoms with Gasteiger partial charge in [-0.05, 0) is 25.5 Å². The second-order valence-electron chi connectivity index (χ2n) is 4.15. The number of pyridine rings is 1. The SMILES string of the molecule is Cc1cccnc1CC(=O)NCC(N)C(C)O. The van der Waals surface area contributed by atoms with Crippen LogP contribution in [0.15, 0.2) is 18.3 Å². The van der Waals surface area contributed by atoms with Crippen molar-refractivity contribution in [3.63, 3.8) is 0 Å². The Balaban J connectivity index is 2.43. The first-order valence-electron chi connectivity index (χ1n) is 5.61. The lowest BCUT2D eigenvalue weighted by Gasteiger charge is -2.15. The fourth-order valence-electron chi connectivity index (χ4n) is 1.32. The molecule has 0 aliphatic carbocycles. The Morgan fingerprint density at radius 2 is 2.35 bits per heavy atom. The highest BCUT2D eigenvalue weighted by Gasteiger charge is 2.11. The molecule has 17 heavy (non-hydrogen) atoms. The maximum atomic E-state index is 11.6. The van der Waals surface area contributed by atoms with Crippen molar-refractivity contribution in [1.29, 1.82) is 0 Å². The van der Waals surface area contributed by atoms with E-state index in [1.807, 2.05) is 19.1 Å². The number of hydrogen-bond donors (Lipinski definition) is 3. The summed E-state index contributed by atoms with van der Waals surface area (Å²) in [5.74, 6) is -0.136. The molecule has 2 atom stereocenters. The molecule has 0 saturated carbocycles. The lowest BCUT2D eigenvalue weighted by atomic mass is 10.1. The highest BCUT2D eigenvalue weighted by molar-refractivity contribution is 5.78. The summed E-state index contributed by atoms with van der Waals surface area (Å²) < 4.78 is 0. The first-order valence-corrected chi connectivity index (χ1v) is 5.61. The molecule has 94 valence electrons. The average molecular weight is 237 g/mol. The zero-order valence-corrected chi connectivity index (χ0v) is 10.2. The molecule has 1 amide bonds. The first-order chi connectivity index (χ1) is 8.00. The second kappa shape index (κ2) is 6.32. The Morgan fingerprint density at radius 3 is 2.94 bits per heavy atom. The van der Waals surface area contributed by atoms with Crippen LogP contribution in [0.25, 0.3) is 0 Å². The smallest absolute Gasteiger partial charge is 0.226 e. The lowest BCUT2D eigenvalue weighted by Crippen LogP contribution is -2.44. The van der Waals surface area contributed by atoms with Gasteiger partial charge in [0.1, 0.15) is 0 Å². The predicted molar refractivity (Wildman–Crippen MR) is 65.3 cm³/mol. The van der Waals surface area contributed by atoms with Crippen LogP contribution in [0.2, 0.25) is 0 Å². The molecule has 0 fully saturated rings. The normalized spacial score (nSPS) is 14.1. The third kappa shape index (κ3) is 4.50. The Kier molecular flexibility index (Phi) is 5.06. The van der Waals surface area contributed by atoms with Crippen LogP contribution in [0.1, 0.15) is 18.2 Å². The maximum Gasteiger partial charge on any atom is 0.226 e. The van der Waals surface area contributed by atoms with Crippen LogP contribution in [-0.4, -0.2) is 34.7 Å². The molecular formula is C12H19N3O2. The van der Waals surface area contributed by atoms with E-state index < -0.39 is 12.1 Å². The molecule has 1 aromatic heterocycles. The van der Waals surface area contributed by atoms with E-state index in [1.54, 1.807) is 13.1 Å². The number of aliphatic hydroxyl groups is 1.